The molecule has 0 aromatic heterocycles. The third-order valence-corrected chi connectivity index (χ3v) is 4.33. The molecule has 3 atom stereocenters. The van der Waals surface area contributed by atoms with E-state index in [1.165, 1.54) is 6.42 Å². The summed E-state index contributed by atoms with van der Waals surface area (Å²) in [7, 11) is 0. The molecule has 1 saturated carbocycles. The first-order valence-corrected chi connectivity index (χ1v) is 7.39. The minimum atomic E-state index is -0.392. The lowest BCUT2D eigenvalue weighted by Crippen LogP contribution is -2.41. The minimum Gasteiger partial charge on any atom is -0.444 e. The van der Waals surface area contributed by atoms with E-state index < -0.39 is 5.60 Å². The predicted octanol–water partition coefficient (Wildman–Crippen LogP) is 0.803. The van der Waals surface area contributed by atoms with Crippen molar-refractivity contribution in [3.63, 3.8) is 0 Å². The number of nitrogens with one attached hydrogen (secondary N) is 2. The molecule has 0 bridgehead atoms. The molecule has 3 aliphatic rings. The number of carbonyl (C=O) groups is 1. The highest BCUT2D eigenvalue weighted by molar-refractivity contribution is 5.69. The Balaban J connectivity index is 1.43. The molecule has 1 amide bonds. The number of piperidine rings is 1. The number of hydrogen-bond acceptors (Lipinski definition) is 4. The van der Waals surface area contributed by atoms with E-state index in [2.05, 4.69) is 10.6 Å². The van der Waals surface area contributed by atoms with Gasteiger partial charge in [-0.05, 0) is 45.6 Å². The summed E-state index contributed by atoms with van der Waals surface area (Å²) < 4.78 is 5.42. The van der Waals surface area contributed by atoms with Crippen LogP contribution in [0.4, 0.5) is 4.79 Å². The molecule has 3 rings (SSSR count). The van der Waals surface area contributed by atoms with Crippen molar-refractivity contribution in [2.75, 3.05) is 26.2 Å². The highest BCUT2D eigenvalue weighted by Gasteiger charge is 2.57. The van der Waals surface area contributed by atoms with Gasteiger partial charge in [0.25, 0.3) is 0 Å². The van der Waals surface area contributed by atoms with Crippen molar-refractivity contribution >= 4 is 6.09 Å². The maximum atomic E-state index is 12.0. The van der Waals surface area contributed by atoms with Crippen LogP contribution in [0, 0.1) is 11.8 Å². The summed E-state index contributed by atoms with van der Waals surface area (Å²) in [5, 5.41) is 7.10. The van der Waals surface area contributed by atoms with Gasteiger partial charge in [-0.3, -0.25) is 0 Å². The van der Waals surface area contributed by atoms with Gasteiger partial charge in [0.15, 0.2) is 0 Å². The van der Waals surface area contributed by atoms with Crippen molar-refractivity contribution in [2.24, 2.45) is 11.8 Å². The maximum absolute atomic E-state index is 12.0. The van der Waals surface area contributed by atoms with E-state index in [0.717, 1.165) is 26.2 Å². The average molecular weight is 267 g/mol. The second-order valence-electron chi connectivity index (χ2n) is 7.10. The Hall–Kier alpha value is -0.810. The lowest BCUT2D eigenvalue weighted by molar-refractivity contribution is 0.0269. The standard InChI is InChI=1S/C14H25N3O2/c1-14(2,3)19-13(18)17-7-10-11(8-17)12(10)16-9-4-5-15-6-9/h9-12,15-16H,4-8H2,1-3H3. The third-order valence-electron chi connectivity index (χ3n) is 4.33. The lowest BCUT2D eigenvalue weighted by atomic mass is 10.2. The second kappa shape index (κ2) is 4.63. The zero-order valence-electron chi connectivity index (χ0n) is 12.1. The van der Waals surface area contributed by atoms with Gasteiger partial charge in [0.2, 0.25) is 0 Å². The molecule has 108 valence electrons. The van der Waals surface area contributed by atoms with E-state index in [9.17, 15) is 4.79 Å². The lowest BCUT2D eigenvalue weighted by Gasteiger charge is -2.26. The van der Waals surface area contributed by atoms with Gasteiger partial charge in [-0.15, -0.1) is 0 Å². The van der Waals surface area contributed by atoms with Crippen molar-refractivity contribution in [1.82, 2.24) is 15.5 Å². The van der Waals surface area contributed by atoms with Crippen LogP contribution in [0.1, 0.15) is 27.2 Å². The summed E-state index contributed by atoms with van der Waals surface area (Å²) in [4.78, 5) is 13.8. The number of hydrogen-bond donors (Lipinski definition) is 2. The van der Waals surface area contributed by atoms with Crippen LogP contribution < -0.4 is 10.6 Å². The van der Waals surface area contributed by atoms with Gasteiger partial charge in [-0.2, -0.15) is 0 Å². The molecule has 0 radical (unpaired) electrons. The zero-order valence-corrected chi connectivity index (χ0v) is 12.1. The molecule has 0 spiro atoms. The molecular formula is C14H25N3O2. The second-order valence-corrected chi connectivity index (χ2v) is 7.10. The Kier molecular flexibility index (Phi) is 3.21. The molecule has 19 heavy (non-hydrogen) atoms. The molecule has 0 aromatic rings. The van der Waals surface area contributed by atoms with E-state index in [1.54, 1.807) is 0 Å². The fourth-order valence-corrected chi connectivity index (χ4v) is 3.32. The van der Waals surface area contributed by atoms with E-state index in [0.29, 0.717) is 23.9 Å². The van der Waals surface area contributed by atoms with Crippen LogP contribution in [0.2, 0.25) is 0 Å². The van der Waals surface area contributed by atoms with Crippen LogP contribution >= 0.6 is 0 Å². The Labute approximate surface area is 115 Å². The molecule has 1 aliphatic carbocycles. The molecule has 3 unspecified atom stereocenters. The van der Waals surface area contributed by atoms with E-state index >= 15 is 0 Å². The number of fused-ring (bicyclic) bond motifs is 1. The van der Waals surface area contributed by atoms with Gasteiger partial charge < -0.3 is 20.3 Å². The highest BCUT2D eigenvalue weighted by atomic mass is 16.6. The SMILES string of the molecule is CC(C)(C)OC(=O)N1CC2C(C1)C2NC1CCNC1. The fourth-order valence-electron chi connectivity index (χ4n) is 3.32. The van der Waals surface area contributed by atoms with Crippen molar-refractivity contribution in [3.05, 3.63) is 0 Å². The summed E-state index contributed by atoms with van der Waals surface area (Å²) in [5.74, 6) is 1.29. The average Bonchev–Trinajstić information content (AvgIpc) is 2.75. The van der Waals surface area contributed by atoms with Crippen molar-refractivity contribution in [3.8, 4) is 0 Å². The van der Waals surface area contributed by atoms with Crippen molar-refractivity contribution in [1.29, 1.82) is 0 Å². The Morgan fingerprint density at radius 1 is 1.32 bits per heavy atom. The highest BCUT2D eigenvalue weighted by Crippen LogP contribution is 2.46. The third kappa shape index (κ3) is 2.87. The molecule has 2 N–H and O–H groups in total. The number of rotatable bonds is 2. The summed E-state index contributed by atoms with van der Waals surface area (Å²) in [5.41, 5.74) is -0.392. The normalized spacial score (nSPS) is 37.3. The van der Waals surface area contributed by atoms with Gasteiger partial charge in [-0.1, -0.05) is 0 Å². The van der Waals surface area contributed by atoms with Crippen LogP contribution in [-0.2, 0) is 4.74 Å². The van der Waals surface area contributed by atoms with Crippen LogP contribution in [0.5, 0.6) is 0 Å². The number of nitrogens with zero attached hydrogens (tertiary/aromatic N) is 1. The monoisotopic (exact) mass is 267 g/mol. The van der Waals surface area contributed by atoms with E-state index in [4.69, 9.17) is 4.74 Å². The summed E-state index contributed by atoms with van der Waals surface area (Å²) in [6.07, 6.45) is 1.08. The first-order chi connectivity index (χ1) is 8.94. The molecule has 2 aliphatic heterocycles. The smallest absolute Gasteiger partial charge is 0.410 e. The van der Waals surface area contributed by atoms with Gasteiger partial charge in [0.05, 0.1) is 0 Å². The van der Waals surface area contributed by atoms with E-state index in [-0.39, 0.29) is 6.09 Å². The van der Waals surface area contributed by atoms with Crippen LogP contribution in [0.25, 0.3) is 0 Å². The molecule has 3 fully saturated rings. The van der Waals surface area contributed by atoms with Crippen LogP contribution in [0.15, 0.2) is 0 Å². The van der Waals surface area contributed by atoms with Crippen molar-refractivity contribution in [2.45, 2.75) is 44.9 Å². The van der Waals surface area contributed by atoms with Crippen LogP contribution in [0.3, 0.4) is 0 Å². The number of amides is 1. The maximum Gasteiger partial charge on any atom is 0.410 e. The first kappa shape index (κ1) is 13.2. The Bertz CT molecular complexity index is 348. The molecule has 2 heterocycles. The molecule has 0 aromatic carbocycles. The molecule has 5 heteroatoms. The minimum absolute atomic E-state index is 0.152. The van der Waals surface area contributed by atoms with Gasteiger partial charge >= 0.3 is 6.09 Å². The van der Waals surface area contributed by atoms with E-state index in [1.807, 2.05) is 25.7 Å². The fraction of sp³-hybridized carbons (Fsp3) is 0.929. The summed E-state index contributed by atoms with van der Waals surface area (Å²) in [6.45, 7) is 9.68. The Morgan fingerprint density at radius 2 is 2.00 bits per heavy atom. The number of carbonyl (C=O) groups excluding carboxylic acids is 1. The summed E-state index contributed by atoms with van der Waals surface area (Å²) >= 11 is 0. The molecule has 5 nitrogen and oxygen atoms in total. The van der Waals surface area contributed by atoms with Crippen molar-refractivity contribution < 1.29 is 9.53 Å². The largest absolute Gasteiger partial charge is 0.444 e. The van der Waals surface area contributed by atoms with Gasteiger partial charge in [0, 0.05) is 31.7 Å². The van der Waals surface area contributed by atoms with Gasteiger partial charge in [-0.25, -0.2) is 4.79 Å². The van der Waals surface area contributed by atoms with Crippen LogP contribution in [-0.4, -0.2) is 54.9 Å². The quantitative estimate of drug-likeness (QED) is 0.777. The molecule has 2 saturated heterocycles. The number of likely N-dealkylation sites (tertiary alicyclic amines) is 1. The number of ether oxygens (including phenoxy) is 1. The Morgan fingerprint density at radius 3 is 2.53 bits per heavy atom. The zero-order chi connectivity index (χ0) is 13.6. The topological polar surface area (TPSA) is 53.6 Å². The van der Waals surface area contributed by atoms with Gasteiger partial charge in [0.1, 0.15) is 5.60 Å². The predicted molar refractivity (Wildman–Crippen MR) is 73.0 cm³/mol. The summed E-state index contributed by atoms with van der Waals surface area (Å²) in [6, 6.07) is 1.26. The first-order valence-electron chi connectivity index (χ1n) is 7.39. The molecular weight excluding hydrogens is 242 g/mol.